The van der Waals surface area contributed by atoms with Gasteiger partial charge < -0.3 is 10.8 Å². The Labute approximate surface area is 105 Å². The van der Waals surface area contributed by atoms with Gasteiger partial charge >= 0.3 is 5.97 Å². The van der Waals surface area contributed by atoms with Gasteiger partial charge in [0.2, 0.25) is 0 Å². The van der Waals surface area contributed by atoms with Crippen LogP contribution >= 0.6 is 0 Å². The number of aryl methyl sites for hydroxylation is 2. The van der Waals surface area contributed by atoms with Gasteiger partial charge in [-0.05, 0) is 38.5 Å². The second-order valence-corrected chi connectivity index (χ2v) is 4.30. The summed E-state index contributed by atoms with van der Waals surface area (Å²) < 4.78 is 1.61. The van der Waals surface area contributed by atoms with Gasteiger partial charge in [-0.15, -0.1) is 0 Å². The lowest BCUT2D eigenvalue weighted by Gasteiger charge is -2.07. The zero-order valence-electron chi connectivity index (χ0n) is 10.6. The fourth-order valence-corrected chi connectivity index (χ4v) is 1.96. The van der Waals surface area contributed by atoms with E-state index in [4.69, 9.17) is 10.8 Å². The number of aromatic nitrogens is 2. The molecule has 0 aliphatic heterocycles. The van der Waals surface area contributed by atoms with Gasteiger partial charge in [-0.1, -0.05) is 6.07 Å². The van der Waals surface area contributed by atoms with Crippen LogP contribution in [0.2, 0.25) is 0 Å². The minimum atomic E-state index is -0.962. The van der Waals surface area contributed by atoms with E-state index in [9.17, 15) is 4.79 Å². The first-order valence-corrected chi connectivity index (χ1v) is 5.58. The van der Waals surface area contributed by atoms with Crippen molar-refractivity contribution in [2.45, 2.75) is 20.8 Å². The number of anilines is 1. The van der Waals surface area contributed by atoms with Crippen molar-refractivity contribution in [1.82, 2.24) is 9.78 Å². The molecular weight excluding hydrogens is 230 g/mol. The molecule has 0 saturated heterocycles. The van der Waals surface area contributed by atoms with Crippen LogP contribution in [0.15, 0.2) is 18.2 Å². The van der Waals surface area contributed by atoms with Gasteiger partial charge in [0.15, 0.2) is 0 Å². The maximum atomic E-state index is 11.1. The van der Waals surface area contributed by atoms with E-state index in [-0.39, 0.29) is 5.56 Å². The Morgan fingerprint density at radius 2 is 2.00 bits per heavy atom. The molecule has 0 unspecified atom stereocenters. The molecule has 1 heterocycles. The molecule has 0 aliphatic rings. The third-order valence-corrected chi connectivity index (χ3v) is 3.01. The number of nitrogens with zero attached hydrogens (tertiary/aromatic N) is 2. The third kappa shape index (κ3) is 1.84. The summed E-state index contributed by atoms with van der Waals surface area (Å²) in [5, 5.41) is 13.4. The summed E-state index contributed by atoms with van der Waals surface area (Å²) in [5.41, 5.74) is 9.62. The smallest absolute Gasteiger partial charge is 0.339 e. The molecule has 1 aromatic heterocycles. The molecule has 0 aliphatic carbocycles. The standard InChI is InChI=1S/C13H15N3O2/c1-7-4-5-10(6-11(7)14)16-9(3)12(13(17)18)8(2)15-16/h4-6H,14H2,1-3H3,(H,17,18). The van der Waals surface area contributed by atoms with E-state index in [0.717, 1.165) is 11.3 Å². The Hall–Kier alpha value is -2.30. The van der Waals surface area contributed by atoms with Crippen LogP contribution in [0.4, 0.5) is 5.69 Å². The van der Waals surface area contributed by atoms with E-state index in [1.165, 1.54) is 0 Å². The summed E-state index contributed by atoms with van der Waals surface area (Å²) in [4.78, 5) is 11.1. The molecule has 0 radical (unpaired) electrons. The predicted molar refractivity (Wildman–Crippen MR) is 69.1 cm³/mol. The summed E-state index contributed by atoms with van der Waals surface area (Å²) in [7, 11) is 0. The summed E-state index contributed by atoms with van der Waals surface area (Å²) in [6, 6.07) is 5.55. The molecule has 1 aromatic carbocycles. The van der Waals surface area contributed by atoms with Crippen molar-refractivity contribution in [3.63, 3.8) is 0 Å². The number of aromatic carboxylic acids is 1. The first kappa shape index (κ1) is 12.2. The van der Waals surface area contributed by atoms with Crippen LogP contribution in [0, 0.1) is 20.8 Å². The van der Waals surface area contributed by atoms with Crippen LogP contribution in [0.3, 0.4) is 0 Å². The number of rotatable bonds is 2. The third-order valence-electron chi connectivity index (χ3n) is 3.01. The van der Waals surface area contributed by atoms with Crippen LogP contribution in [-0.2, 0) is 0 Å². The Morgan fingerprint density at radius 1 is 1.33 bits per heavy atom. The first-order valence-electron chi connectivity index (χ1n) is 5.58. The molecule has 18 heavy (non-hydrogen) atoms. The van der Waals surface area contributed by atoms with Gasteiger partial charge in [-0.3, -0.25) is 0 Å². The molecule has 0 fully saturated rings. The highest BCUT2D eigenvalue weighted by Crippen LogP contribution is 2.21. The number of nitrogen functional groups attached to an aromatic ring is 1. The Kier molecular flexibility index (Phi) is 2.82. The normalized spacial score (nSPS) is 10.6. The van der Waals surface area contributed by atoms with Crippen molar-refractivity contribution >= 4 is 11.7 Å². The summed E-state index contributed by atoms with van der Waals surface area (Å²) in [6.45, 7) is 5.34. The second kappa shape index (κ2) is 4.18. The maximum Gasteiger partial charge on any atom is 0.339 e. The highest BCUT2D eigenvalue weighted by atomic mass is 16.4. The average molecular weight is 245 g/mol. The van der Waals surface area contributed by atoms with E-state index in [0.29, 0.717) is 17.1 Å². The molecule has 3 N–H and O–H groups in total. The van der Waals surface area contributed by atoms with Crippen LogP contribution < -0.4 is 5.73 Å². The molecule has 2 rings (SSSR count). The van der Waals surface area contributed by atoms with Crippen LogP contribution in [0.25, 0.3) is 5.69 Å². The number of carboxylic acids is 1. The zero-order chi connectivity index (χ0) is 13.4. The van der Waals surface area contributed by atoms with E-state index in [1.807, 2.05) is 19.1 Å². The fourth-order valence-electron chi connectivity index (χ4n) is 1.96. The first-order chi connectivity index (χ1) is 8.41. The zero-order valence-corrected chi connectivity index (χ0v) is 10.6. The van der Waals surface area contributed by atoms with Gasteiger partial charge in [-0.2, -0.15) is 5.10 Å². The van der Waals surface area contributed by atoms with E-state index in [2.05, 4.69) is 5.10 Å². The Morgan fingerprint density at radius 3 is 2.50 bits per heavy atom. The van der Waals surface area contributed by atoms with Crippen LogP contribution in [0.1, 0.15) is 27.3 Å². The summed E-state index contributed by atoms with van der Waals surface area (Å²) in [6.07, 6.45) is 0. The molecule has 5 heteroatoms. The molecule has 0 atom stereocenters. The highest BCUT2D eigenvalue weighted by Gasteiger charge is 2.18. The minimum Gasteiger partial charge on any atom is -0.478 e. The number of hydrogen-bond acceptors (Lipinski definition) is 3. The van der Waals surface area contributed by atoms with Crippen molar-refractivity contribution in [3.8, 4) is 5.69 Å². The van der Waals surface area contributed by atoms with Crippen molar-refractivity contribution < 1.29 is 9.90 Å². The predicted octanol–water partition coefficient (Wildman–Crippen LogP) is 2.08. The van der Waals surface area contributed by atoms with Gasteiger partial charge in [0, 0.05) is 5.69 Å². The molecule has 0 spiro atoms. The monoisotopic (exact) mass is 245 g/mol. The molecule has 5 nitrogen and oxygen atoms in total. The number of benzene rings is 1. The minimum absolute atomic E-state index is 0.245. The van der Waals surface area contributed by atoms with Crippen molar-refractivity contribution in [2.24, 2.45) is 0 Å². The topological polar surface area (TPSA) is 81.1 Å². The van der Waals surface area contributed by atoms with Crippen molar-refractivity contribution in [1.29, 1.82) is 0 Å². The molecular formula is C13H15N3O2. The van der Waals surface area contributed by atoms with Crippen molar-refractivity contribution in [2.75, 3.05) is 5.73 Å². The van der Waals surface area contributed by atoms with Gasteiger partial charge in [0.05, 0.1) is 17.1 Å². The molecule has 2 aromatic rings. The lowest BCUT2D eigenvalue weighted by molar-refractivity contribution is 0.0695. The van der Waals surface area contributed by atoms with Crippen LogP contribution in [-0.4, -0.2) is 20.9 Å². The summed E-state index contributed by atoms with van der Waals surface area (Å²) in [5.74, 6) is -0.962. The maximum absolute atomic E-state index is 11.1. The van der Waals surface area contributed by atoms with Crippen molar-refractivity contribution in [3.05, 3.63) is 40.7 Å². The average Bonchev–Trinajstić information content (AvgIpc) is 2.58. The van der Waals surface area contributed by atoms with Gasteiger partial charge in [0.1, 0.15) is 5.56 Å². The molecule has 94 valence electrons. The van der Waals surface area contributed by atoms with E-state index >= 15 is 0 Å². The second-order valence-electron chi connectivity index (χ2n) is 4.30. The fraction of sp³-hybridized carbons (Fsp3) is 0.231. The number of hydrogen-bond donors (Lipinski definition) is 2. The lowest BCUT2D eigenvalue weighted by Crippen LogP contribution is -2.03. The number of carbonyl (C=O) groups is 1. The largest absolute Gasteiger partial charge is 0.478 e. The van der Waals surface area contributed by atoms with Crippen LogP contribution in [0.5, 0.6) is 0 Å². The Bertz CT molecular complexity index is 629. The quantitative estimate of drug-likeness (QED) is 0.794. The molecule has 0 amide bonds. The number of carboxylic acid groups (broad SMARTS) is 1. The van der Waals surface area contributed by atoms with Gasteiger partial charge in [-0.25, -0.2) is 9.48 Å². The number of nitrogens with two attached hydrogens (primary N) is 1. The van der Waals surface area contributed by atoms with E-state index in [1.54, 1.807) is 24.6 Å². The SMILES string of the molecule is Cc1ccc(-n2nc(C)c(C(=O)O)c2C)cc1N. The molecule has 0 bridgehead atoms. The highest BCUT2D eigenvalue weighted by molar-refractivity contribution is 5.90. The Balaban J connectivity index is 2.61. The lowest BCUT2D eigenvalue weighted by atomic mass is 10.1. The summed E-state index contributed by atoms with van der Waals surface area (Å²) >= 11 is 0. The van der Waals surface area contributed by atoms with E-state index < -0.39 is 5.97 Å². The molecule has 0 saturated carbocycles. The van der Waals surface area contributed by atoms with Gasteiger partial charge in [0.25, 0.3) is 0 Å².